The monoisotopic (exact) mass is 354 g/mol. The largest absolute Gasteiger partial charge is 0.381 e. The van der Waals surface area contributed by atoms with Crippen molar-refractivity contribution in [1.82, 2.24) is 24.8 Å². The van der Waals surface area contributed by atoms with E-state index in [1.54, 1.807) is 6.20 Å². The Morgan fingerprint density at radius 2 is 2.27 bits per heavy atom. The zero-order valence-electron chi connectivity index (χ0n) is 15.5. The van der Waals surface area contributed by atoms with E-state index in [9.17, 15) is 0 Å². The zero-order chi connectivity index (χ0) is 18.0. The van der Waals surface area contributed by atoms with Gasteiger partial charge in [0.2, 0.25) is 0 Å². The second-order valence-electron chi connectivity index (χ2n) is 7.21. The first kappa shape index (κ1) is 17.0. The molecule has 0 bridgehead atoms. The van der Waals surface area contributed by atoms with Crippen molar-refractivity contribution in [2.24, 2.45) is 10.4 Å². The molecule has 2 aliphatic heterocycles. The van der Waals surface area contributed by atoms with E-state index in [2.05, 4.69) is 31.2 Å². The Morgan fingerprint density at radius 3 is 3.00 bits per heavy atom. The molecule has 0 aliphatic carbocycles. The number of hydrogen-bond donors (Lipinski definition) is 1. The molecule has 1 unspecified atom stereocenters. The molecule has 2 aromatic heterocycles. The van der Waals surface area contributed by atoms with E-state index in [1.165, 1.54) is 6.42 Å². The standard InChI is InChI=1S/C19H26N6O/c1-15-21-8-10-25(15)17-16(4-3-7-22-17)12-23-18(20-2)24-9-5-19(13-24)6-11-26-14-19/h3-4,7-8,10H,5-6,9,11-14H2,1-2H3,(H,20,23). The molecule has 2 fully saturated rings. The average Bonchev–Trinajstić information content (AvgIpc) is 3.39. The fourth-order valence-corrected chi connectivity index (χ4v) is 3.98. The van der Waals surface area contributed by atoms with Crippen LogP contribution in [0.1, 0.15) is 24.2 Å². The molecule has 4 heterocycles. The second kappa shape index (κ2) is 7.07. The van der Waals surface area contributed by atoms with Crippen molar-refractivity contribution in [3.63, 3.8) is 0 Å². The predicted molar refractivity (Wildman–Crippen MR) is 100 cm³/mol. The molecule has 7 nitrogen and oxygen atoms in total. The van der Waals surface area contributed by atoms with E-state index in [0.717, 1.165) is 55.9 Å². The quantitative estimate of drug-likeness (QED) is 0.672. The van der Waals surface area contributed by atoms with E-state index >= 15 is 0 Å². The van der Waals surface area contributed by atoms with Gasteiger partial charge in [0.25, 0.3) is 0 Å². The van der Waals surface area contributed by atoms with Gasteiger partial charge in [-0.2, -0.15) is 0 Å². The summed E-state index contributed by atoms with van der Waals surface area (Å²) in [4.78, 5) is 15.7. The first-order valence-electron chi connectivity index (χ1n) is 9.18. The maximum Gasteiger partial charge on any atom is 0.193 e. The Morgan fingerprint density at radius 1 is 1.35 bits per heavy atom. The van der Waals surface area contributed by atoms with Gasteiger partial charge in [0, 0.05) is 62.9 Å². The SMILES string of the molecule is CN=C(NCc1cccnc1-n1ccnc1C)N1CCC2(CCOC2)C1. The molecule has 0 aromatic carbocycles. The highest BCUT2D eigenvalue weighted by atomic mass is 16.5. The first-order chi connectivity index (χ1) is 12.7. The molecule has 0 amide bonds. The number of aromatic nitrogens is 3. The molecule has 2 saturated heterocycles. The van der Waals surface area contributed by atoms with Crippen LogP contribution >= 0.6 is 0 Å². The highest BCUT2D eigenvalue weighted by Gasteiger charge is 2.42. The van der Waals surface area contributed by atoms with E-state index in [1.807, 2.05) is 37.0 Å². The summed E-state index contributed by atoms with van der Waals surface area (Å²) in [5.41, 5.74) is 1.44. The topological polar surface area (TPSA) is 67.6 Å². The molecule has 4 rings (SSSR count). The lowest BCUT2D eigenvalue weighted by atomic mass is 9.87. The minimum atomic E-state index is 0.324. The molecule has 2 aliphatic rings. The van der Waals surface area contributed by atoms with Crippen LogP contribution in [0.25, 0.3) is 5.82 Å². The molecule has 1 spiro atoms. The van der Waals surface area contributed by atoms with Crippen LogP contribution in [-0.4, -0.2) is 58.7 Å². The van der Waals surface area contributed by atoms with Crippen LogP contribution in [0.3, 0.4) is 0 Å². The van der Waals surface area contributed by atoms with E-state index in [4.69, 9.17) is 4.74 Å². The lowest BCUT2D eigenvalue weighted by molar-refractivity contribution is 0.156. The number of ether oxygens (including phenoxy) is 1. The molecule has 1 N–H and O–H groups in total. The molecular formula is C19H26N6O. The summed E-state index contributed by atoms with van der Waals surface area (Å²) in [5, 5.41) is 3.52. The van der Waals surface area contributed by atoms with Crippen LogP contribution in [0.5, 0.6) is 0 Å². The van der Waals surface area contributed by atoms with E-state index in [0.29, 0.717) is 12.0 Å². The van der Waals surface area contributed by atoms with Gasteiger partial charge in [-0.25, -0.2) is 9.97 Å². The molecule has 1 atom stereocenters. The predicted octanol–water partition coefficient (Wildman–Crippen LogP) is 1.76. The molecular weight excluding hydrogens is 328 g/mol. The molecule has 26 heavy (non-hydrogen) atoms. The van der Waals surface area contributed by atoms with Crippen LogP contribution in [0.15, 0.2) is 35.7 Å². The fourth-order valence-electron chi connectivity index (χ4n) is 3.98. The lowest BCUT2D eigenvalue weighted by Crippen LogP contribution is -2.41. The van der Waals surface area contributed by atoms with Crippen LogP contribution in [-0.2, 0) is 11.3 Å². The summed E-state index contributed by atoms with van der Waals surface area (Å²) in [6.07, 6.45) is 7.90. The third-order valence-electron chi connectivity index (χ3n) is 5.49. The molecule has 0 radical (unpaired) electrons. The van der Waals surface area contributed by atoms with Crippen molar-refractivity contribution in [1.29, 1.82) is 0 Å². The summed E-state index contributed by atoms with van der Waals surface area (Å²) in [6.45, 7) is 6.48. The summed E-state index contributed by atoms with van der Waals surface area (Å²) >= 11 is 0. The zero-order valence-corrected chi connectivity index (χ0v) is 15.5. The van der Waals surface area contributed by atoms with Gasteiger partial charge in [-0.15, -0.1) is 0 Å². The normalized spacial score (nSPS) is 23.2. The highest BCUT2D eigenvalue weighted by Crippen LogP contribution is 2.38. The average molecular weight is 354 g/mol. The second-order valence-corrected chi connectivity index (χ2v) is 7.21. The molecule has 0 saturated carbocycles. The van der Waals surface area contributed by atoms with Crippen LogP contribution in [0.2, 0.25) is 0 Å². The number of nitrogens with one attached hydrogen (secondary N) is 1. The summed E-state index contributed by atoms with van der Waals surface area (Å²) in [7, 11) is 1.85. The smallest absolute Gasteiger partial charge is 0.193 e. The number of nitrogens with zero attached hydrogens (tertiary/aromatic N) is 5. The summed E-state index contributed by atoms with van der Waals surface area (Å²) in [5.74, 6) is 2.79. The molecule has 2 aromatic rings. The first-order valence-corrected chi connectivity index (χ1v) is 9.18. The minimum absolute atomic E-state index is 0.324. The van der Waals surface area contributed by atoms with Crippen LogP contribution < -0.4 is 5.32 Å². The van der Waals surface area contributed by atoms with E-state index < -0.39 is 0 Å². The number of guanidine groups is 1. The summed E-state index contributed by atoms with van der Waals surface area (Å²) in [6, 6.07) is 4.06. The molecule has 138 valence electrons. The van der Waals surface area contributed by atoms with Gasteiger partial charge in [0.05, 0.1) is 6.61 Å². The maximum atomic E-state index is 5.64. The lowest BCUT2D eigenvalue weighted by Gasteiger charge is -2.25. The number of aliphatic imine (C=N–C) groups is 1. The Balaban J connectivity index is 1.46. The van der Waals surface area contributed by atoms with Crippen molar-refractivity contribution < 1.29 is 4.74 Å². The van der Waals surface area contributed by atoms with Gasteiger partial charge in [0.15, 0.2) is 5.96 Å². The van der Waals surface area contributed by atoms with Gasteiger partial charge >= 0.3 is 0 Å². The highest BCUT2D eigenvalue weighted by molar-refractivity contribution is 5.80. The van der Waals surface area contributed by atoms with Crippen LogP contribution in [0, 0.1) is 12.3 Å². The van der Waals surface area contributed by atoms with Gasteiger partial charge in [0.1, 0.15) is 11.6 Å². The maximum absolute atomic E-state index is 5.64. The fraction of sp³-hybridized carbons (Fsp3) is 0.526. The Labute approximate surface area is 154 Å². The van der Waals surface area contributed by atoms with E-state index in [-0.39, 0.29) is 0 Å². The number of imidazole rings is 1. The number of hydrogen-bond acceptors (Lipinski definition) is 4. The Kier molecular flexibility index (Phi) is 4.63. The third-order valence-corrected chi connectivity index (χ3v) is 5.49. The van der Waals surface area contributed by atoms with Crippen molar-refractivity contribution >= 4 is 5.96 Å². The van der Waals surface area contributed by atoms with Gasteiger partial charge < -0.3 is 15.0 Å². The number of aryl methyl sites for hydroxylation is 1. The van der Waals surface area contributed by atoms with Gasteiger partial charge in [-0.05, 0) is 25.8 Å². The third kappa shape index (κ3) is 3.19. The van der Waals surface area contributed by atoms with Crippen molar-refractivity contribution in [2.75, 3.05) is 33.4 Å². The molecule has 7 heteroatoms. The Bertz CT molecular complexity index is 793. The minimum Gasteiger partial charge on any atom is -0.381 e. The Hall–Kier alpha value is -2.41. The van der Waals surface area contributed by atoms with Crippen molar-refractivity contribution in [3.8, 4) is 5.82 Å². The van der Waals surface area contributed by atoms with Gasteiger partial charge in [-0.1, -0.05) is 6.07 Å². The van der Waals surface area contributed by atoms with Crippen molar-refractivity contribution in [3.05, 3.63) is 42.1 Å². The summed E-state index contributed by atoms with van der Waals surface area (Å²) < 4.78 is 7.65. The van der Waals surface area contributed by atoms with Crippen molar-refractivity contribution in [2.45, 2.75) is 26.3 Å². The number of pyridine rings is 1. The number of rotatable bonds is 3. The number of likely N-dealkylation sites (tertiary alicyclic amines) is 1. The van der Waals surface area contributed by atoms with Gasteiger partial charge in [-0.3, -0.25) is 9.56 Å². The van der Waals surface area contributed by atoms with Crippen LogP contribution in [0.4, 0.5) is 0 Å².